The average molecular weight is 425 g/mol. The van der Waals surface area contributed by atoms with Gasteiger partial charge >= 0.3 is 0 Å². The van der Waals surface area contributed by atoms with Crippen molar-refractivity contribution < 1.29 is 9.59 Å². The summed E-state index contributed by atoms with van der Waals surface area (Å²) < 4.78 is 1.12. The molecule has 1 heterocycles. The maximum Gasteiger partial charge on any atom is 0.238 e. The highest BCUT2D eigenvalue weighted by molar-refractivity contribution is 7.18. The second kappa shape index (κ2) is 10.3. The van der Waals surface area contributed by atoms with Gasteiger partial charge in [-0.2, -0.15) is 0 Å². The number of fused-ring (bicyclic) bond motifs is 1. The number of hydrogen-bond acceptors (Lipinski definition) is 5. The SMILES string of the molecule is CCCN(CC(=O)Nc1ccccc1C)CC(=O)N(C)Cc1nc2ccccc2s1. The molecule has 3 rings (SSSR count). The molecule has 0 saturated carbocycles. The van der Waals surface area contributed by atoms with E-state index < -0.39 is 0 Å². The number of likely N-dealkylation sites (N-methyl/N-ethyl adjacent to an activating group) is 1. The summed E-state index contributed by atoms with van der Waals surface area (Å²) in [6.45, 7) is 5.54. The van der Waals surface area contributed by atoms with Crippen LogP contribution in [0.1, 0.15) is 23.9 Å². The molecule has 0 bridgehead atoms. The molecule has 0 unspecified atom stereocenters. The maximum atomic E-state index is 12.8. The Morgan fingerprint density at radius 2 is 1.80 bits per heavy atom. The van der Waals surface area contributed by atoms with Crippen LogP contribution < -0.4 is 5.32 Å². The first-order valence-corrected chi connectivity index (χ1v) is 10.9. The molecule has 0 fully saturated rings. The number of thiazole rings is 1. The number of anilines is 1. The summed E-state index contributed by atoms with van der Waals surface area (Å²) in [6.07, 6.45) is 0.868. The van der Waals surface area contributed by atoms with Crippen LogP contribution in [0.15, 0.2) is 48.5 Å². The van der Waals surface area contributed by atoms with Gasteiger partial charge in [0.05, 0.1) is 29.9 Å². The van der Waals surface area contributed by atoms with Crippen LogP contribution in [0.4, 0.5) is 5.69 Å². The Bertz CT molecular complexity index is 984. The minimum absolute atomic E-state index is 0.0219. The summed E-state index contributed by atoms with van der Waals surface area (Å²) in [5, 5.41) is 3.85. The second-order valence-corrected chi connectivity index (χ2v) is 8.51. The highest BCUT2D eigenvalue weighted by Crippen LogP contribution is 2.22. The number of nitrogens with one attached hydrogen (secondary N) is 1. The topological polar surface area (TPSA) is 65.5 Å². The molecule has 0 spiro atoms. The fraction of sp³-hybridized carbons (Fsp3) is 0.348. The van der Waals surface area contributed by atoms with Crippen molar-refractivity contribution in [2.24, 2.45) is 0 Å². The van der Waals surface area contributed by atoms with E-state index in [0.29, 0.717) is 13.1 Å². The Kier molecular flexibility index (Phi) is 7.54. The summed E-state index contributed by atoms with van der Waals surface area (Å²) in [4.78, 5) is 33.5. The molecule has 7 heteroatoms. The summed E-state index contributed by atoms with van der Waals surface area (Å²) in [5.74, 6) is -0.134. The van der Waals surface area contributed by atoms with Crippen molar-refractivity contribution >= 4 is 39.1 Å². The van der Waals surface area contributed by atoms with Crippen molar-refractivity contribution in [2.45, 2.75) is 26.8 Å². The first kappa shape index (κ1) is 21.9. The van der Waals surface area contributed by atoms with Crippen LogP contribution in [0, 0.1) is 6.92 Å². The Hall–Kier alpha value is -2.77. The largest absolute Gasteiger partial charge is 0.338 e. The van der Waals surface area contributed by atoms with E-state index in [1.165, 1.54) is 0 Å². The molecule has 0 aliphatic carbocycles. The number of aryl methyl sites for hydroxylation is 1. The van der Waals surface area contributed by atoms with E-state index in [-0.39, 0.29) is 24.9 Å². The van der Waals surface area contributed by atoms with Gasteiger partial charge in [-0.05, 0) is 43.7 Å². The number of benzene rings is 2. The Morgan fingerprint density at radius 1 is 1.07 bits per heavy atom. The smallest absolute Gasteiger partial charge is 0.238 e. The molecule has 0 atom stereocenters. The maximum absolute atomic E-state index is 12.8. The van der Waals surface area contributed by atoms with Gasteiger partial charge in [0.25, 0.3) is 0 Å². The van der Waals surface area contributed by atoms with E-state index in [2.05, 4.69) is 10.3 Å². The molecule has 158 valence electrons. The zero-order valence-corrected chi connectivity index (χ0v) is 18.5. The molecule has 3 aromatic rings. The second-order valence-electron chi connectivity index (χ2n) is 7.40. The number of amides is 2. The molecule has 2 aromatic carbocycles. The fourth-order valence-electron chi connectivity index (χ4n) is 3.23. The van der Waals surface area contributed by atoms with Crippen molar-refractivity contribution in [1.82, 2.24) is 14.8 Å². The molecule has 0 aliphatic rings. The minimum Gasteiger partial charge on any atom is -0.338 e. The molecular formula is C23H28N4O2S. The third-order valence-electron chi connectivity index (χ3n) is 4.82. The van der Waals surface area contributed by atoms with Crippen LogP contribution in [0.5, 0.6) is 0 Å². The van der Waals surface area contributed by atoms with Gasteiger partial charge in [-0.15, -0.1) is 11.3 Å². The lowest BCUT2D eigenvalue weighted by Gasteiger charge is -2.24. The first-order valence-electron chi connectivity index (χ1n) is 10.1. The summed E-state index contributed by atoms with van der Waals surface area (Å²) in [7, 11) is 1.78. The van der Waals surface area contributed by atoms with E-state index in [0.717, 1.165) is 32.9 Å². The van der Waals surface area contributed by atoms with Crippen molar-refractivity contribution in [1.29, 1.82) is 0 Å². The van der Waals surface area contributed by atoms with E-state index >= 15 is 0 Å². The standard InChI is InChI=1S/C23H28N4O2S/c1-4-13-27(14-21(28)24-18-10-6-5-9-17(18)2)16-23(29)26(3)15-22-25-19-11-7-8-12-20(19)30-22/h5-12H,4,13-16H2,1-3H3,(H,24,28). The van der Waals surface area contributed by atoms with E-state index in [9.17, 15) is 9.59 Å². The molecule has 1 aromatic heterocycles. The number of hydrogen-bond donors (Lipinski definition) is 1. The number of carbonyl (C=O) groups excluding carboxylic acids is 2. The van der Waals surface area contributed by atoms with Gasteiger partial charge in [0, 0.05) is 12.7 Å². The normalized spacial score (nSPS) is 11.1. The quantitative estimate of drug-likeness (QED) is 0.566. The molecule has 0 saturated heterocycles. The lowest BCUT2D eigenvalue weighted by atomic mass is 10.2. The molecule has 2 amide bonds. The predicted molar refractivity (Wildman–Crippen MR) is 123 cm³/mol. The number of aromatic nitrogens is 1. The summed E-state index contributed by atoms with van der Waals surface area (Å²) >= 11 is 1.60. The van der Waals surface area contributed by atoms with Crippen LogP contribution in [-0.4, -0.2) is 53.3 Å². The fourth-order valence-corrected chi connectivity index (χ4v) is 4.25. The number of carbonyl (C=O) groups is 2. The van der Waals surface area contributed by atoms with Crippen LogP contribution in [0.3, 0.4) is 0 Å². The zero-order valence-electron chi connectivity index (χ0n) is 17.7. The van der Waals surface area contributed by atoms with Crippen LogP contribution >= 0.6 is 11.3 Å². The third-order valence-corrected chi connectivity index (χ3v) is 5.84. The number of nitrogens with zero attached hydrogens (tertiary/aromatic N) is 3. The summed E-state index contributed by atoms with van der Waals surface area (Å²) in [5.41, 5.74) is 2.77. The Labute approximate surface area is 181 Å². The lowest BCUT2D eigenvalue weighted by Crippen LogP contribution is -2.42. The molecule has 1 N–H and O–H groups in total. The van der Waals surface area contributed by atoms with Crippen LogP contribution in [0.2, 0.25) is 0 Å². The summed E-state index contributed by atoms with van der Waals surface area (Å²) in [6, 6.07) is 15.6. The average Bonchev–Trinajstić information content (AvgIpc) is 3.12. The van der Waals surface area contributed by atoms with Gasteiger partial charge in [0.1, 0.15) is 5.01 Å². The third kappa shape index (κ3) is 5.87. The predicted octanol–water partition coefficient (Wildman–Crippen LogP) is 3.91. The van der Waals surface area contributed by atoms with Gasteiger partial charge in [-0.3, -0.25) is 14.5 Å². The Morgan fingerprint density at radius 3 is 2.53 bits per heavy atom. The van der Waals surface area contributed by atoms with Crippen molar-refractivity contribution in [3.63, 3.8) is 0 Å². The monoisotopic (exact) mass is 424 g/mol. The highest BCUT2D eigenvalue weighted by Gasteiger charge is 2.18. The van der Waals surface area contributed by atoms with E-state index in [1.54, 1.807) is 23.3 Å². The van der Waals surface area contributed by atoms with Gasteiger partial charge in [-0.1, -0.05) is 37.3 Å². The molecule has 30 heavy (non-hydrogen) atoms. The van der Waals surface area contributed by atoms with Gasteiger partial charge < -0.3 is 10.2 Å². The lowest BCUT2D eigenvalue weighted by molar-refractivity contribution is -0.132. The van der Waals surface area contributed by atoms with Crippen molar-refractivity contribution in [3.8, 4) is 0 Å². The minimum atomic E-state index is -0.112. The van der Waals surface area contributed by atoms with Gasteiger partial charge in [0.15, 0.2) is 0 Å². The highest BCUT2D eigenvalue weighted by atomic mass is 32.1. The van der Waals surface area contributed by atoms with Gasteiger partial charge in [0.2, 0.25) is 11.8 Å². The van der Waals surface area contributed by atoms with Crippen LogP contribution in [0.25, 0.3) is 10.2 Å². The molecule has 6 nitrogen and oxygen atoms in total. The number of para-hydroxylation sites is 2. The van der Waals surface area contributed by atoms with Crippen LogP contribution in [-0.2, 0) is 16.1 Å². The molecule has 0 aliphatic heterocycles. The van der Waals surface area contributed by atoms with Crippen molar-refractivity contribution in [2.75, 3.05) is 32.0 Å². The van der Waals surface area contributed by atoms with E-state index in [1.807, 2.05) is 67.3 Å². The van der Waals surface area contributed by atoms with E-state index in [4.69, 9.17) is 0 Å². The molecular weight excluding hydrogens is 396 g/mol. The Balaban J connectivity index is 1.57. The van der Waals surface area contributed by atoms with Gasteiger partial charge in [-0.25, -0.2) is 4.98 Å². The van der Waals surface area contributed by atoms with Crippen molar-refractivity contribution in [3.05, 3.63) is 59.1 Å². The molecule has 0 radical (unpaired) electrons. The first-order chi connectivity index (χ1) is 14.5. The zero-order chi connectivity index (χ0) is 21.5. The number of rotatable bonds is 9.